The smallest absolute Gasteiger partial charge is 0.238 e. The molecule has 1 fully saturated rings. The van der Waals surface area contributed by atoms with Crippen molar-refractivity contribution >= 4 is 11.6 Å². The molecule has 0 aromatic heterocycles. The van der Waals surface area contributed by atoms with Gasteiger partial charge in [-0.15, -0.1) is 0 Å². The third kappa shape index (κ3) is 5.57. The number of nitrogens with zero attached hydrogens (tertiary/aromatic N) is 1. The number of amides is 1. The average Bonchev–Trinajstić information content (AvgIpc) is 2.47. The first-order valence-corrected chi connectivity index (χ1v) is 7.10. The highest BCUT2D eigenvalue weighted by atomic mass is 16.5. The molecule has 5 heteroatoms. The number of hydrogen-bond acceptors (Lipinski definition) is 4. The lowest BCUT2D eigenvalue weighted by atomic mass is 10.3. The largest absolute Gasteiger partial charge is 0.489 e. The number of nitrogens with one attached hydrogen (secondary N) is 1. The number of anilines is 1. The topological polar surface area (TPSA) is 50.8 Å². The standard InChI is InChI=1S/C16H22N2O3/c1-13(2)12-21-15-5-3-14(4-6-15)17-16(19)11-18-7-9-20-10-8-18/h3-6H,1,7-12H2,2H3,(H,17,19). The van der Waals surface area contributed by atoms with Gasteiger partial charge in [0.2, 0.25) is 5.91 Å². The van der Waals surface area contributed by atoms with Gasteiger partial charge in [0.1, 0.15) is 12.4 Å². The Kier molecular flexibility index (Phi) is 5.78. The molecule has 21 heavy (non-hydrogen) atoms. The lowest BCUT2D eigenvalue weighted by molar-refractivity contribution is -0.118. The minimum atomic E-state index is -0.00694. The molecular formula is C16H22N2O3. The summed E-state index contributed by atoms with van der Waals surface area (Å²) in [6.07, 6.45) is 0. The Morgan fingerprint density at radius 3 is 2.62 bits per heavy atom. The number of carbonyl (C=O) groups excluding carboxylic acids is 1. The van der Waals surface area contributed by atoms with Crippen LogP contribution in [0.3, 0.4) is 0 Å². The first-order valence-electron chi connectivity index (χ1n) is 7.10. The van der Waals surface area contributed by atoms with E-state index in [0.29, 0.717) is 26.4 Å². The zero-order valence-corrected chi connectivity index (χ0v) is 12.4. The Bertz CT molecular complexity index is 479. The van der Waals surface area contributed by atoms with Crippen molar-refractivity contribution in [3.05, 3.63) is 36.4 Å². The van der Waals surface area contributed by atoms with Crippen LogP contribution in [0.5, 0.6) is 5.75 Å². The summed E-state index contributed by atoms with van der Waals surface area (Å²) in [4.78, 5) is 14.0. The van der Waals surface area contributed by atoms with Crippen LogP contribution in [0.25, 0.3) is 0 Å². The predicted molar refractivity (Wildman–Crippen MR) is 82.6 cm³/mol. The molecule has 1 aromatic carbocycles. The van der Waals surface area contributed by atoms with E-state index in [2.05, 4.69) is 16.8 Å². The fourth-order valence-corrected chi connectivity index (χ4v) is 2.00. The van der Waals surface area contributed by atoms with Crippen molar-refractivity contribution in [3.8, 4) is 5.75 Å². The van der Waals surface area contributed by atoms with Gasteiger partial charge in [0.05, 0.1) is 19.8 Å². The van der Waals surface area contributed by atoms with E-state index < -0.39 is 0 Å². The van der Waals surface area contributed by atoms with Gasteiger partial charge in [-0.1, -0.05) is 6.58 Å². The molecule has 1 aliphatic heterocycles. The molecule has 0 atom stereocenters. The van der Waals surface area contributed by atoms with Gasteiger partial charge < -0.3 is 14.8 Å². The first-order chi connectivity index (χ1) is 10.1. The lowest BCUT2D eigenvalue weighted by Crippen LogP contribution is -2.41. The lowest BCUT2D eigenvalue weighted by Gasteiger charge is -2.25. The van der Waals surface area contributed by atoms with E-state index in [1.807, 2.05) is 31.2 Å². The van der Waals surface area contributed by atoms with Crippen molar-refractivity contribution in [2.24, 2.45) is 0 Å². The van der Waals surface area contributed by atoms with Crippen LogP contribution in [-0.2, 0) is 9.53 Å². The summed E-state index contributed by atoms with van der Waals surface area (Å²) in [5.74, 6) is 0.761. The van der Waals surface area contributed by atoms with E-state index in [9.17, 15) is 4.79 Å². The summed E-state index contributed by atoms with van der Waals surface area (Å²) in [5.41, 5.74) is 1.74. The normalized spacial score (nSPS) is 15.5. The second-order valence-corrected chi connectivity index (χ2v) is 5.21. The van der Waals surface area contributed by atoms with Crippen molar-refractivity contribution in [2.75, 3.05) is 44.8 Å². The molecule has 1 aliphatic rings. The molecule has 0 unspecified atom stereocenters. The minimum Gasteiger partial charge on any atom is -0.489 e. The van der Waals surface area contributed by atoms with Crippen LogP contribution in [0.1, 0.15) is 6.92 Å². The summed E-state index contributed by atoms with van der Waals surface area (Å²) < 4.78 is 10.8. The van der Waals surface area contributed by atoms with Crippen molar-refractivity contribution in [3.63, 3.8) is 0 Å². The van der Waals surface area contributed by atoms with E-state index >= 15 is 0 Å². The van der Waals surface area contributed by atoms with Gasteiger partial charge in [0, 0.05) is 18.8 Å². The van der Waals surface area contributed by atoms with Crippen LogP contribution in [0.2, 0.25) is 0 Å². The molecule has 2 rings (SSSR count). The molecule has 0 aliphatic carbocycles. The number of benzene rings is 1. The monoisotopic (exact) mass is 290 g/mol. The third-order valence-electron chi connectivity index (χ3n) is 3.09. The van der Waals surface area contributed by atoms with Gasteiger partial charge in [-0.25, -0.2) is 0 Å². The molecule has 0 saturated carbocycles. The van der Waals surface area contributed by atoms with E-state index in [-0.39, 0.29) is 5.91 Å². The van der Waals surface area contributed by atoms with Crippen LogP contribution < -0.4 is 10.1 Å². The van der Waals surface area contributed by atoms with Crippen LogP contribution in [0.15, 0.2) is 36.4 Å². The molecule has 114 valence electrons. The quantitative estimate of drug-likeness (QED) is 0.813. The van der Waals surface area contributed by atoms with Crippen LogP contribution in [-0.4, -0.2) is 50.3 Å². The maximum Gasteiger partial charge on any atom is 0.238 e. The van der Waals surface area contributed by atoms with E-state index in [1.54, 1.807) is 0 Å². The van der Waals surface area contributed by atoms with Crippen molar-refractivity contribution < 1.29 is 14.3 Å². The van der Waals surface area contributed by atoms with Crippen molar-refractivity contribution in [1.29, 1.82) is 0 Å². The average molecular weight is 290 g/mol. The predicted octanol–water partition coefficient (Wildman–Crippen LogP) is 1.91. The summed E-state index contributed by atoms with van der Waals surface area (Å²) in [6.45, 7) is 9.61. The second kappa shape index (κ2) is 7.81. The Morgan fingerprint density at radius 1 is 1.33 bits per heavy atom. The molecular weight excluding hydrogens is 268 g/mol. The van der Waals surface area contributed by atoms with Gasteiger partial charge in [0.25, 0.3) is 0 Å². The summed E-state index contributed by atoms with van der Waals surface area (Å²) >= 11 is 0. The van der Waals surface area contributed by atoms with E-state index in [4.69, 9.17) is 9.47 Å². The second-order valence-electron chi connectivity index (χ2n) is 5.21. The fraction of sp³-hybridized carbons (Fsp3) is 0.438. The summed E-state index contributed by atoms with van der Waals surface area (Å²) in [5, 5.41) is 2.89. The Balaban J connectivity index is 1.79. The van der Waals surface area contributed by atoms with Crippen molar-refractivity contribution in [1.82, 2.24) is 4.90 Å². The van der Waals surface area contributed by atoms with Crippen molar-refractivity contribution in [2.45, 2.75) is 6.92 Å². The van der Waals surface area contributed by atoms with E-state index in [1.165, 1.54) is 0 Å². The van der Waals surface area contributed by atoms with Gasteiger partial charge in [-0.2, -0.15) is 0 Å². The molecule has 1 amide bonds. The number of rotatable bonds is 6. The van der Waals surface area contributed by atoms with Gasteiger partial charge in [-0.3, -0.25) is 9.69 Å². The number of ether oxygens (including phenoxy) is 2. The first kappa shape index (κ1) is 15.5. The van der Waals surface area contributed by atoms with Crippen LogP contribution in [0.4, 0.5) is 5.69 Å². The highest BCUT2D eigenvalue weighted by Gasteiger charge is 2.14. The molecule has 1 N–H and O–H groups in total. The highest BCUT2D eigenvalue weighted by Crippen LogP contribution is 2.16. The third-order valence-corrected chi connectivity index (χ3v) is 3.09. The van der Waals surface area contributed by atoms with Crippen LogP contribution in [0, 0.1) is 0 Å². The molecule has 0 radical (unpaired) electrons. The van der Waals surface area contributed by atoms with Gasteiger partial charge in [0.15, 0.2) is 0 Å². The zero-order valence-electron chi connectivity index (χ0n) is 12.4. The number of morpholine rings is 1. The minimum absolute atomic E-state index is 0.00694. The van der Waals surface area contributed by atoms with Gasteiger partial charge in [-0.05, 0) is 36.8 Å². The Hall–Kier alpha value is -1.85. The molecule has 1 aromatic rings. The molecule has 1 saturated heterocycles. The fourth-order valence-electron chi connectivity index (χ4n) is 2.00. The molecule has 0 bridgehead atoms. The van der Waals surface area contributed by atoms with Crippen LogP contribution >= 0.6 is 0 Å². The summed E-state index contributed by atoms with van der Waals surface area (Å²) in [7, 11) is 0. The molecule has 5 nitrogen and oxygen atoms in total. The maximum atomic E-state index is 11.9. The summed E-state index contributed by atoms with van der Waals surface area (Å²) in [6, 6.07) is 7.36. The Morgan fingerprint density at radius 2 is 2.00 bits per heavy atom. The number of carbonyl (C=O) groups is 1. The SMILES string of the molecule is C=C(C)COc1ccc(NC(=O)CN2CCOCC2)cc1. The van der Waals surface area contributed by atoms with Gasteiger partial charge >= 0.3 is 0 Å². The number of hydrogen-bond donors (Lipinski definition) is 1. The van der Waals surface area contributed by atoms with E-state index in [0.717, 1.165) is 30.1 Å². The maximum absolute atomic E-state index is 11.9. The zero-order chi connectivity index (χ0) is 15.1. The Labute approximate surface area is 125 Å². The highest BCUT2D eigenvalue weighted by molar-refractivity contribution is 5.92. The molecule has 0 spiro atoms. The molecule has 1 heterocycles.